The van der Waals surface area contributed by atoms with Crippen LogP contribution in [-0.4, -0.2) is 17.6 Å². The first-order valence-corrected chi connectivity index (χ1v) is 13.7. The number of carbonyl (C=O) groups excluding carboxylic acids is 2. The van der Waals surface area contributed by atoms with Crippen LogP contribution < -0.4 is 16.0 Å². The summed E-state index contributed by atoms with van der Waals surface area (Å²) in [5.41, 5.74) is -0.174. The van der Waals surface area contributed by atoms with Gasteiger partial charge in [-0.2, -0.15) is 18.4 Å². The van der Waals surface area contributed by atoms with Crippen molar-refractivity contribution in [3.05, 3.63) is 104 Å². The number of allylic oxidation sites excluding steroid dienone is 2. The number of nitrogens with one attached hydrogen (secondary N) is 3. The van der Waals surface area contributed by atoms with Gasteiger partial charge >= 0.3 is 6.18 Å². The summed E-state index contributed by atoms with van der Waals surface area (Å²) in [4.78, 5) is 26.0. The van der Waals surface area contributed by atoms with Crippen LogP contribution >= 0.6 is 39.3 Å². The molecule has 40 heavy (non-hydrogen) atoms. The fourth-order valence-corrected chi connectivity index (χ4v) is 5.24. The highest BCUT2D eigenvalue weighted by atomic mass is 79.9. The second kappa shape index (κ2) is 12.2. The Labute approximate surface area is 244 Å². The van der Waals surface area contributed by atoms with Crippen LogP contribution in [0, 0.1) is 11.3 Å². The Balaban J connectivity index is 1.60. The summed E-state index contributed by atoms with van der Waals surface area (Å²) in [5, 5.41) is 18.5. The van der Waals surface area contributed by atoms with E-state index < -0.39 is 23.6 Å². The molecule has 13 heteroatoms. The predicted molar refractivity (Wildman–Crippen MR) is 150 cm³/mol. The molecule has 3 N–H and O–H groups in total. The smallest absolute Gasteiger partial charge is 0.416 e. The molecule has 2 heterocycles. The van der Waals surface area contributed by atoms with Gasteiger partial charge in [-0.3, -0.25) is 9.59 Å². The van der Waals surface area contributed by atoms with Crippen LogP contribution in [0.1, 0.15) is 24.2 Å². The number of benzene rings is 2. The van der Waals surface area contributed by atoms with Gasteiger partial charge in [-0.15, -0.1) is 0 Å². The fraction of sp³-hybridized carbons (Fsp3) is 0.148. The highest BCUT2D eigenvalue weighted by Crippen LogP contribution is 2.42. The molecular formula is C27H19BrClF3N4O3S. The third-order valence-corrected chi connectivity index (χ3v) is 7.61. The number of hydrogen-bond acceptors (Lipinski definition) is 6. The summed E-state index contributed by atoms with van der Waals surface area (Å²) in [6.45, 7) is 1.58. The van der Waals surface area contributed by atoms with E-state index in [1.807, 2.05) is 0 Å². The molecule has 2 aromatic carbocycles. The molecule has 4 rings (SSSR count). The molecule has 7 nitrogen and oxygen atoms in total. The van der Waals surface area contributed by atoms with Crippen molar-refractivity contribution in [2.75, 3.05) is 16.4 Å². The minimum atomic E-state index is -4.64. The SMILES string of the molecule is CC1=C(C(=O)Nc2cc(C(F)(F)F)ccc2Cl)C(c2ccco2)C(C#N)=C(SCC(=O)Nc2ccc(Br)cc2)N1. The number of furan rings is 1. The molecule has 2 amide bonds. The molecule has 1 aliphatic rings. The van der Waals surface area contributed by atoms with Crippen molar-refractivity contribution in [3.63, 3.8) is 0 Å². The molecule has 0 aliphatic carbocycles. The van der Waals surface area contributed by atoms with Crippen LogP contribution in [0.3, 0.4) is 0 Å². The van der Waals surface area contributed by atoms with Crippen molar-refractivity contribution in [3.8, 4) is 6.07 Å². The number of carbonyl (C=O) groups is 2. The highest BCUT2D eigenvalue weighted by molar-refractivity contribution is 9.10. The molecule has 1 aromatic heterocycles. The van der Waals surface area contributed by atoms with Crippen molar-refractivity contribution in [1.82, 2.24) is 5.32 Å². The van der Waals surface area contributed by atoms with Gasteiger partial charge in [0.25, 0.3) is 5.91 Å². The number of nitrogens with zero attached hydrogens (tertiary/aromatic N) is 1. The minimum Gasteiger partial charge on any atom is -0.468 e. The normalized spacial score (nSPS) is 15.4. The monoisotopic (exact) mass is 650 g/mol. The molecule has 206 valence electrons. The Morgan fingerprint density at radius 1 is 1.18 bits per heavy atom. The van der Waals surface area contributed by atoms with Gasteiger partial charge in [-0.05, 0) is 61.5 Å². The number of dihydropyridines is 1. The number of nitriles is 1. The summed E-state index contributed by atoms with van der Waals surface area (Å²) in [6.07, 6.45) is -3.27. The predicted octanol–water partition coefficient (Wildman–Crippen LogP) is 7.42. The van der Waals surface area contributed by atoms with Gasteiger partial charge in [0.05, 0.1) is 56.5 Å². The minimum absolute atomic E-state index is 0.0450. The quantitative estimate of drug-likeness (QED) is 0.246. The summed E-state index contributed by atoms with van der Waals surface area (Å²) in [7, 11) is 0. The largest absolute Gasteiger partial charge is 0.468 e. The lowest BCUT2D eigenvalue weighted by atomic mass is 9.85. The molecular weight excluding hydrogens is 633 g/mol. The van der Waals surface area contributed by atoms with Gasteiger partial charge in [0, 0.05) is 15.9 Å². The third kappa shape index (κ3) is 6.72. The summed E-state index contributed by atoms with van der Waals surface area (Å²) in [5.74, 6) is -1.89. The lowest BCUT2D eigenvalue weighted by molar-refractivity contribution is -0.137. The second-order valence-electron chi connectivity index (χ2n) is 8.46. The van der Waals surface area contributed by atoms with Crippen molar-refractivity contribution < 1.29 is 27.2 Å². The first-order valence-electron chi connectivity index (χ1n) is 11.5. The van der Waals surface area contributed by atoms with Gasteiger partial charge in [0.15, 0.2) is 0 Å². The molecule has 0 spiro atoms. The highest BCUT2D eigenvalue weighted by Gasteiger charge is 2.37. The Hall–Kier alpha value is -3.66. The number of thioether (sulfide) groups is 1. The molecule has 1 unspecified atom stereocenters. The van der Waals surface area contributed by atoms with E-state index in [1.54, 1.807) is 43.3 Å². The Morgan fingerprint density at radius 3 is 2.52 bits per heavy atom. The topological polar surface area (TPSA) is 107 Å². The van der Waals surface area contributed by atoms with E-state index in [1.165, 1.54) is 6.26 Å². The van der Waals surface area contributed by atoms with Crippen molar-refractivity contribution in [2.24, 2.45) is 0 Å². The Kier molecular flexibility index (Phi) is 8.98. The molecule has 0 saturated carbocycles. The summed E-state index contributed by atoms with van der Waals surface area (Å²) >= 11 is 10.5. The van der Waals surface area contributed by atoms with Crippen LogP contribution in [0.2, 0.25) is 5.02 Å². The van der Waals surface area contributed by atoms with Gasteiger partial charge in [-0.1, -0.05) is 39.3 Å². The van der Waals surface area contributed by atoms with Gasteiger partial charge in [0.2, 0.25) is 5.91 Å². The maximum absolute atomic E-state index is 13.5. The first kappa shape index (κ1) is 29.3. The van der Waals surface area contributed by atoms with Crippen LogP contribution in [-0.2, 0) is 15.8 Å². The number of amides is 2. The zero-order chi connectivity index (χ0) is 29.0. The average Bonchev–Trinajstić information content (AvgIpc) is 3.43. The molecule has 0 radical (unpaired) electrons. The number of anilines is 2. The second-order valence-corrected chi connectivity index (χ2v) is 10.8. The zero-order valence-corrected chi connectivity index (χ0v) is 23.7. The van der Waals surface area contributed by atoms with Gasteiger partial charge in [0.1, 0.15) is 5.76 Å². The zero-order valence-electron chi connectivity index (χ0n) is 20.5. The van der Waals surface area contributed by atoms with Crippen molar-refractivity contribution >= 4 is 62.5 Å². The average molecular weight is 652 g/mol. The van der Waals surface area contributed by atoms with Gasteiger partial charge in [-0.25, -0.2) is 0 Å². The maximum Gasteiger partial charge on any atom is 0.416 e. The van der Waals surface area contributed by atoms with E-state index in [0.717, 1.165) is 34.4 Å². The number of halogens is 5. The van der Waals surface area contributed by atoms with E-state index in [0.29, 0.717) is 16.4 Å². The van der Waals surface area contributed by atoms with E-state index in [-0.39, 0.29) is 39.3 Å². The van der Waals surface area contributed by atoms with E-state index in [4.69, 9.17) is 16.0 Å². The van der Waals surface area contributed by atoms with Crippen molar-refractivity contribution in [1.29, 1.82) is 5.26 Å². The maximum atomic E-state index is 13.5. The Morgan fingerprint density at radius 2 is 1.90 bits per heavy atom. The third-order valence-electron chi connectivity index (χ3n) is 5.74. The van der Waals surface area contributed by atoms with E-state index >= 15 is 0 Å². The lowest BCUT2D eigenvalue weighted by Gasteiger charge is -2.28. The molecule has 0 bridgehead atoms. The van der Waals surface area contributed by atoms with Crippen LogP contribution in [0.4, 0.5) is 24.5 Å². The summed E-state index contributed by atoms with van der Waals surface area (Å²) in [6, 6.07) is 14.9. The molecule has 3 aromatic rings. The first-order chi connectivity index (χ1) is 19.0. The van der Waals surface area contributed by atoms with Crippen LogP contribution in [0.5, 0.6) is 0 Å². The Bertz CT molecular complexity index is 1550. The molecule has 0 saturated heterocycles. The molecule has 1 atom stereocenters. The van der Waals surface area contributed by atoms with Crippen molar-refractivity contribution in [2.45, 2.75) is 19.0 Å². The molecule has 0 fully saturated rings. The number of alkyl halides is 3. The standard InChI is InChI=1S/C27H19BrClF3N4O3S/c1-14-23(25(38)36-20-11-15(27(30,31)32)4-9-19(20)29)24(21-3-2-10-39-21)18(12-33)26(34-14)40-13-22(37)35-17-7-5-16(28)6-8-17/h2-11,24,34H,13H2,1H3,(H,35,37)(H,36,38). The van der Waals surface area contributed by atoms with Gasteiger partial charge < -0.3 is 20.4 Å². The summed E-state index contributed by atoms with van der Waals surface area (Å²) < 4.78 is 46.1. The lowest BCUT2D eigenvalue weighted by Crippen LogP contribution is -2.31. The number of rotatable bonds is 7. The van der Waals surface area contributed by atoms with Crippen LogP contribution in [0.25, 0.3) is 0 Å². The van der Waals surface area contributed by atoms with Crippen LogP contribution in [0.15, 0.2) is 91.6 Å². The van der Waals surface area contributed by atoms with E-state index in [9.17, 15) is 28.0 Å². The van der Waals surface area contributed by atoms with E-state index in [2.05, 4.69) is 37.9 Å². The fourth-order valence-electron chi connectivity index (χ4n) is 3.92. The molecule has 1 aliphatic heterocycles. The number of hydrogen-bond donors (Lipinski definition) is 3.